The number of ether oxygens (including phenoxy) is 4. The molecule has 0 amide bonds. The Balaban J connectivity index is 2.19. The Labute approximate surface area is 138 Å². The van der Waals surface area contributed by atoms with Gasteiger partial charge in [-0.3, -0.25) is 0 Å². The lowest BCUT2D eigenvalue weighted by Crippen LogP contribution is -2.06. The van der Waals surface area contributed by atoms with Gasteiger partial charge in [-0.25, -0.2) is 0 Å². The summed E-state index contributed by atoms with van der Waals surface area (Å²) in [5, 5.41) is 2.04. The number of aryl methyl sites for hydroxylation is 1. The molecule has 0 N–H and O–H groups in total. The molecular weight excluding hydrogens is 292 g/mol. The summed E-state index contributed by atoms with van der Waals surface area (Å²) in [4.78, 5) is 0. The number of benzene rings is 2. The third-order valence-electron chi connectivity index (χ3n) is 3.42. The van der Waals surface area contributed by atoms with Crippen molar-refractivity contribution in [3.8, 4) is 11.5 Å². The highest BCUT2D eigenvalue weighted by molar-refractivity contribution is 5.94. The first-order valence-electron chi connectivity index (χ1n) is 8.21. The van der Waals surface area contributed by atoms with Crippen LogP contribution in [0.2, 0.25) is 0 Å². The van der Waals surface area contributed by atoms with E-state index in [4.69, 9.17) is 18.9 Å². The van der Waals surface area contributed by atoms with E-state index >= 15 is 0 Å². The van der Waals surface area contributed by atoms with Crippen molar-refractivity contribution >= 4 is 10.8 Å². The van der Waals surface area contributed by atoms with Crippen LogP contribution in [0.3, 0.4) is 0 Å². The maximum absolute atomic E-state index is 5.84. The first kappa shape index (κ1) is 17.6. The van der Waals surface area contributed by atoms with Crippen LogP contribution >= 0.6 is 0 Å². The van der Waals surface area contributed by atoms with Gasteiger partial charge in [0, 0.05) is 10.8 Å². The highest BCUT2D eigenvalue weighted by Crippen LogP contribution is 2.36. The number of hydrogen-bond donors (Lipinski definition) is 0. The Kier molecular flexibility index (Phi) is 7.17. The van der Waals surface area contributed by atoms with Crippen LogP contribution in [0, 0.1) is 6.92 Å². The standard InChI is InChI=1S/C19H26O4/c1-4-10-20-13-22-18-12-15(3)19(23-14-21-11-5-2)17-9-7-6-8-16(17)18/h6-9,12H,4-5,10-11,13-14H2,1-3H3. The molecule has 0 heterocycles. The minimum Gasteiger partial charge on any atom is -0.467 e. The first-order valence-corrected chi connectivity index (χ1v) is 8.21. The summed E-state index contributed by atoms with van der Waals surface area (Å²) in [7, 11) is 0. The van der Waals surface area contributed by atoms with Crippen LogP contribution in [0.1, 0.15) is 32.3 Å². The second kappa shape index (κ2) is 9.38. The van der Waals surface area contributed by atoms with Crippen molar-refractivity contribution in [2.75, 3.05) is 26.8 Å². The highest BCUT2D eigenvalue weighted by atomic mass is 16.7. The molecule has 0 bridgehead atoms. The van der Waals surface area contributed by atoms with Gasteiger partial charge in [-0.05, 0) is 31.4 Å². The molecule has 2 aromatic carbocycles. The maximum atomic E-state index is 5.84. The van der Waals surface area contributed by atoms with Crippen molar-refractivity contribution in [3.63, 3.8) is 0 Å². The second-order valence-electron chi connectivity index (χ2n) is 5.41. The van der Waals surface area contributed by atoms with Crippen molar-refractivity contribution < 1.29 is 18.9 Å². The normalized spacial score (nSPS) is 10.9. The Morgan fingerprint density at radius 3 is 2.09 bits per heavy atom. The van der Waals surface area contributed by atoms with E-state index in [2.05, 4.69) is 13.8 Å². The molecule has 0 spiro atoms. The zero-order valence-electron chi connectivity index (χ0n) is 14.3. The van der Waals surface area contributed by atoms with Gasteiger partial charge in [0.1, 0.15) is 11.5 Å². The number of hydrogen-bond acceptors (Lipinski definition) is 4. The average Bonchev–Trinajstić information content (AvgIpc) is 2.57. The van der Waals surface area contributed by atoms with Crippen molar-refractivity contribution in [2.45, 2.75) is 33.6 Å². The molecule has 0 radical (unpaired) electrons. The van der Waals surface area contributed by atoms with Gasteiger partial charge in [-0.2, -0.15) is 0 Å². The van der Waals surface area contributed by atoms with Crippen molar-refractivity contribution in [1.29, 1.82) is 0 Å². The SMILES string of the molecule is CCCOCOc1cc(C)c(OCOCCC)c2ccccc12. The van der Waals surface area contributed by atoms with Crippen LogP contribution in [-0.2, 0) is 9.47 Å². The summed E-state index contributed by atoms with van der Waals surface area (Å²) in [5.41, 5.74) is 1.02. The predicted molar refractivity (Wildman–Crippen MR) is 92.2 cm³/mol. The molecule has 0 saturated carbocycles. The Bertz CT molecular complexity index is 610. The van der Waals surface area contributed by atoms with Gasteiger partial charge in [0.15, 0.2) is 13.6 Å². The lowest BCUT2D eigenvalue weighted by Gasteiger charge is -2.16. The smallest absolute Gasteiger partial charge is 0.189 e. The minimum atomic E-state index is 0.261. The molecular formula is C19H26O4. The Morgan fingerprint density at radius 1 is 0.826 bits per heavy atom. The van der Waals surface area contributed by atoms with Crippen molar-refractivity contribution in [2.24, 2.45) is 0 Å². The summed E-state index contributed by atoms with van der Waals surface area (Å²) in [6, 6.07) is 10.1. The zero-order valence-corrected chi connectivity index (χ0v) is 14.3. The third-order valence-corrected chi connectivity index (χ3v) is 3.42. The molecule has 0 aromatic heterocycles. The predicted octanol–water partition coefficient (Wildman–Crippen LogP) is 4.67. The summed E-state index contributed by atoms with van der Waals surface area (Å²) in [6.45, 7) is 8.09. The molecule has 4 heteroatoms. The van der Waals surface area contributed by atoms with E-state index in [0.717, 1.165) is 40.7 Å². The van der Waals surface area contributed by atoms with Crippen LogP contribution in [0.5, 0.6) is 11.5 Å². The van der Waals surface area contributed by atoms with E-state index in [1.807, 2.05) is 37.3 Å². The lowest BCUT2D eigenvalue weighted by atomic mass is 10.0. The molecule has 2 rings (SSSR count). The lowest BCUT2D eigenvalue weighted by molar-refractivity contribution is 0.0144. The van der Waals surface area contributed by atoms with Gasteiger partial charge in [0.25, 0.3) is 0 Å². The van der Waals surface area contributed by atoms with E-state index < -0.39 is 0 Å². The molecule has 0 aliphatic heterocycles. The first-order chi connectivity index (χ1) is 11.3. The highest BCUT2D eigenvalue weighted by Gasteiger charge is 2.11. The zero-order chi connectivity index (χ0) is 16.5. The van der Waals surface area contributed by atoms with E-state index in [1.54, 1.807) is 0 Å². The van der Waals surface area contributed by atoms with Crippen molar-refractivity contribution in [3.05, 3.63) is 35.9 Å². The van der Waals surface area contributed by atoms with Crippen LogP contribution in [-0.4, -0.2) is 26.8 Å². The molecule has 126 valence electrons. The fourth-order valence-corrected chi connectivity index (χ4v) is 2.37. The number of fused-ring (bicyclic) bond motifs is 1. The van der Waals surface area contributed by atoms with Crippen molar-refractivity contribution in [1.82, 2.24) is 0 Å². The monoisotopic (exact) mass is 318 g/mol. The second-order valence-corrected chi connectivity index (χ2v) is 5.41. The molecule has 23 heavy (non-hydrogen) atoms. The number of rotatable bonds is 10. The van der Waals surface area contributed by atoms with Gasteiger partial charge in [-0.15, -0.1) is 0 Å². The summed E-state index contributed by atoms with van der Waals surface area (Å²) < 4.78 is 22.5. The summed E-state index contributed by atoms with van der Waals surface area (Å²) in [6.07, 6.45) is 1.96. The van der Waals surface area contributed by atoms with E-state index in [9.17, 15) is 0 Å². The molecule has 0 atom stereocenters. The molecule has 0 saturated heterocycles. The Morgan fingerprint density at radius 2 is 1.43 bits per heavy atom. The van der Waals surface area contributed by atoms with E-state index in [-0.39, 0.29) is 13.6 Å². The molecule has 0 fully saturated rings. The van der Waals surface area contributed by atoms with Gasteiger partial charge in [-0.1, -0.05) is 38.1 Å². The quantitative estimate of drug-likeness (QED) is 0.471. The average molecular weight is 318 g/mol. The largest absolute Gasteiger partial charge is 0.467 e. The molecule has 0 unspecified atom stereocenters. The van der Waals surface area contributed by atoms with E-state index in [0.29, 0.717) is 13.2 Å². The Hall–Kier alpha value is -1.78. The van der Waals surface area contributed by atoms with Gasteiger partial charge in [0.2, 0.25) is 0 Å². The molecule has 2 aromatic rings. The van der Waals surface area contributed by atoms with Gasteiger partial charge in [0.05, 0.1) is 13.2 Å². The molecule has 4 nitrogen and oxygen atoms in total. The maximum Gasteiger partial charge on any atom is 0.189 e. The molecule has 0 aliphatic carbocycles. The van der Waals surface area contributed by atoms with E-state index in [1.165, 1.54) is 0 Å². The fourth-order valence-electron chi connectivity index (χ4n) is 2.37. The third kappa shape index (κ3) is 4.85. The summed E-state index contributed by atoms with van der Waals surface area (Å²) in [5.74, 6) is 1.66. The fraction of sp³-hybridized carbons (Fsp3) is 0.474. The van der Waals surface area contributed by atoms with Crippen LogP contribution in [0.4, 0.5) is 0 Å². The van der Waals surface area contributed by atoms with Crippen LogP contribution in [0.25, 0.3) is 10.8 Å². The topological polar surface area (TPSA) is 36.9 Å². The van der Waals surface area contributed by atoms with Gasteiger partial charge >= 0.3 is 0 Å². The van der Waals surface area contributed by atoms with Crippen LogP contribution in [0.15, 0.2) is 30.3 Å². The summed E-state index contributed by atoms with van der Waals surface area (Å²) >= 11 is 0. The van der Waals surface area contributed by atoms with Gasteiger partial charge < -0.3 is 18.9 Å². The van der Waals surface area contributed by atoms with Crippen LogP contribution < -0.4 is 9.47 Å². The minimum absolute atomic E-state index is 0.261. The molecule has 0 aliphatic rings.